The molecule has 0 aromatic carbocycles. The molecule has 0 spiro atoms. The Balaban J connectivity index is 2.76. The van der Waals surface area contributed by atoms with E-state index in [-0.39, 0.29) is 5.88 Å². The SMILES string of the molecule is COC1(C)OOC(C)(C)CC1OC(=O)CCl. The number of esters is 1. The zero-order chi connectivity index (χ0) is 12.4. The molecule has 16 heavy (non-hydrogen) atoms. The third-order valence-electron chi connectivity index (χ3n) is 2.48. The molecule has 0 radical (unpaired) electrons. The fourth-order valence-corrected chi connectivity index (χ4v) is 1.48. The summed E-state index contributed by atoms with van der Waals surface area (Å²) in [7, 11) is 1.46. The van der Waals surface area contributed by atoms with Gasteiger partial charge < -0.3 is 9.47 Å². The largest absolute Gasteiger partial charge is 0.456 e. The molecular weight excluding hydrogens is 236 g/mol. The summed E-state index contributed by atoms with van der Waals surface area (Å²) in [5.41, 5.74) is -0.532. The number of halogens is 1. The Bertz CT molecular complexity index is 268. The van der Waals surface area contributed by atoms with Crippen LogP contribution in [0.5, 0.6) is 0 Å². The van der Waals surface area contributed by atoms with Crippen LogP contribution in [-0.4, -0.2) is 36.5 Å². The average molecular weight is 253 g/mol. The number of alkyl halides is 1. The second-order valence-electron chi connectivity index (χ2n) is 4.46. The van der Waals surface area contributed by atoms with Crippen LogP contribution in [0.2, 0.25) is 0 Å². The minimum absolute atomic E-state index is 0.197. The normalized spacial score (nSPS) is 33.4. The van der Waals surface area contributed by atoms with Gasteiger partial charge in [-0.25, -0.2) is 4.89 Å². The molecule has 1 rings (SSSR count). The molecule has 1 aliphatic rings. The van der Waals surface area contributed by atoms with Crippen molar-refractivity contribution >= 4 is 17.6 Å². The average Bonchev–Trinajstić information content (AvgIpc) is 2.23. The van der Waals surface area contributed by atoms with Gasteiger partial charge in [-0.3, -0.25) is 4.79 Å². The van der Waals surface area contributed by atoms with Crippen molar-refractivity contribution in [3.63, 3.8) is 0 Å². The van der Waals surface area contributed by atoms with Crippen LogP contribution in [0.3, 0.4) is 0 Å². The van der Waals surface area contributed by atoms with Gasteiger partial charge in [-0.2, -0.15) is 4.89 Å². The second kappa shape index (κ2) is 4.87. The van der Waals surface area contributed by atoms with Gasteiger partial charge in [0.25, 0.3) is 0 Å². The molecule has 0 saturated carbocycles. The predicted octanol–water partition coefficient (Wildman–Crippen LogP) is 1.63. The van der Waals surface area contributed by atoms with Gasteiger partial charge in [0.15, 0.2) is 6.10 Å². The topological polar surface area (TPSA) is 54.0 Å². The Morgan fingerprint density at radius 3 is 2.56 bits per heavy atom. The van der Waals surface area contributed by atoms with Crippen molar-refractivity contribution in [2.75, 3.05) is 13.0 Å². The van der Waals surface area contributed by atoms with Crippen LogP contribution in [0.15, 0.2) is 0 Å². The molecule has 2 atom stereocenters. The second-order valence-corrected chi connectivity index (χ2v) is 4.73. The Morgan fingerprint density at radius 2 is 2.06 bits per heavy atom. The number of methoxy groups -OCH3 is 1. The Morgan fingerprint density at radius 1 is 1.44 bits per heavy atom. The van der Waals surface area contributed by atoms with Crippen molar-refractivity contribution in [1.29, 1.82) is 0 Å². The first-order valence-electron chi connectivity index (χ1n) is 5.00. The van der Waals surface area contributed by atoms with Crippen molar-refractivity contribution in [2.24, 2.45) is 0 Å². The molecule has 0 N–H and O–H groups in total. The van der Waals surface area contributed by atoms with Gasteiger partial charge in [0.2, 0.25) is 5.79 Å². The fraction of sp³-hybridized carbons (Fsp3) is 0.900. The van der Waals surface area contributed by atoms with Crippen LogP contribution in [-0.2, 0) is 24.0 Å². The van der Waals surface area contributed by atoms with Crippen LogP contribution in [0.1, 0.15) is 27.2 Å². The van der Waals surface area contributed by atoms with Gasteiger partial charge in [-0.15, -0.1) is 11.6 Å². The van der Waals surface area contributed by atoms with E-state index in [0.717, 1.165) is 0 Å². The number of hydrogen-bond acceptors (Lipinski definition) is 5. The van der Waals surface area contributed by atoms with E-state index >= 15 is 0 Å². The van der Waals surface area contributed by atoms with Gasteiger partial charge in [-0.1, -0.05) is 0 Å². The highest BCUT2D eigenvalue weighted by molar-refractivity contribution is 6.26. The number of rotatable bonds is 3. The molecule has 1 saturated heterocycles. The van der Waals surface area contributed by atoms with Gasteiger partial charge >= 0.3 is 5.97 Å². The molecular formula is C10H17ClO5. The number of hydrogen-bond donors (Lipinski definition) is 0. The minimum atomic E-state index is -1.10. The molecule has 94 valence electrons. The zero-order valence-electron chi connectivity index (χ0n) is 9.91. The molecule has 0 aromatic rings. The Labute approximate surface area is 99.9 Å². The Hall–Kier alpha value is -0.360. The first-order valence-corrected chi connectivity index (χ1v) is 5.54. The van der Waals surface area contributed by atoms with Gasteiger partial charge in [0, 0.05) is 13.5 Å². The molecule has 1 aliphatic heterocycles. The van der Waals surface area contributed by atoms with Crippen LogP contribution < -0.4 is 0 Å². The molecule has 0 bridgehead atoms. The first kappa shape index (κ1) is 13.7. The van der Waals surface area contributed by atoms with Crippen LogP contribution in [0, 0.1) is 0 Å². The third kappa shape index (κ3) is 3.07. The van der Waals surface area contributed by atoms with E-state index < -0.39 is 23.5 Å². The summed E-state index contributed by atoms with van der Waals surface area (Å²) in [6.07, 6.45) is -0.0764. The van der Waals surface area contributed by atoms with Crippen molar-refractivity contribution in [1.82, 2.24) is 0 Å². The number of carbonyl (C=O) groups is 1. The molecule has 5 nitrogen and oxygen atoms in total. The lowest BCUT2D eigenvalue weighted by Crippen LogP contribution is -2.55. The van der Waals surface area contributed by atoms with Crippen molar-refractivity contribution < 1.29 is 24.0 Å². The predicted molar refractivity (Wildman–Crippen MR) is 56.9 cm³/mol. The van der Waals surface area contributed by atoms with Gasteiger partial charge in [-0.05, 0) is 20.8 Å². The lowest BCUT2D eigenvalue weighted by atomic mass is 9.95. The molecule has 1 fully saturated rings. The van der Waals surface area contributed by atoms with Crippen molar-refractivity contribution in [3.8, 4) is 0 Å². The standard InChI is InChI=1S/C10H17ClO5/c1-9(2)5-7(14-8(12)6-11)10(3,13-4)16-15-9/h7H,5-6H2,1-4H3. The summed E-state index contributed by atoms with van der Waals surface area (Å²) in [5.74, 6) is -1.80. The molecule has 6 heteroatoms. The fourth-order valence-electron chi connectivity index (χ4n) is 1.42. The Kier molecular flexibility index (Phi) is 4.17. The van der Waals surface area contributed by atoms with Gasteiger partial charge in [0.05, 0.1) is 0 Å². The summed E-state index contributed by atoms with van der Waals surface area (Å²) < 4.78 is 10.3. The van der Waals surface area contributed by atoms with Crippen molar-refractivity contribution in [3.05, 3.63) is 0 Å². The lowest BCUT2D eigenvalue weighted by molar-refractivity contribution is -0.497. The molecule has 1 heterocycles. The summed E-state index contributed by atoms with van der Waals surface area (Å²) in [4.78, 5) is 21.5. The highest BCUT2D eigenvalue weighted by atomic mass is 35.5. The van der Waals surface area contributed by atoms with Crippen molar-refractivity contribution in [2.45, 2.75) is 44.7 Å². The maximum absolute atomic E-state index is 11.2. The van der Waals surface area contributed by atoms with Crippen LogP contribution in [0.4, 0.5) is 0 Å². The van der Waals surface area contributed by atoms with Crippen LogP contribution >= 0.6 is 11.6 Å². The zero-order valence-corrected chi connectivity index (χ0v) is 10.7. The highest BCUT2D eigenvalue weighted by Crippen LogP contribution is 2.35. The summed E-state index contributed by atoms with van der Waals surface area (Å²) in [6.45, 7) is 5.32. The van der Waals surface area contributed by atoms with E-state index in [0.29, 0.717) is 6.42 Å². The summed E-state index contributed by atoms with van der Waals surface area (Å²) in [6, 6.07) is 0. The van der Waals surface area contributed by atoms with E-state index in [4.69, 9.17) is 30.8 Å². The maximum atomic E-state index is 11.2. The smallest absolute Gasteiger partial charge is 0.321 e. The van der Waals surface area contributed by atoms with E-state index in [1.54, 1.807) is 6.92 Å². The van der Waals surface area contributed by atoms with E-state index in [1.807, 2.05) is 13.8 Å². The molecule has 0 amide bonds. The van der Waals surface area contributed by atoms with E-state index in [1.165, 1.54) is 7.11 Å². The van der Waals surface area contributed by atoms with E-state index in [9.17, 15) is 4.79 Å². The lowest BCUT2D eigenvalue weighted by Gasteiger charge is -2.43. The summed E-state index contributed by atoms with van der Waals surface area (Å²) in [5, 5.41) is 0. The quantitative estimate of drug-likeness (QED) is 0.434. The summed E-state index contributed by atoms with van der Waals surface area (Å²) >= 11 is 5.39. The molecule has 0 aliphatic carbocycles. The van der Waals surface area contributed by atoms with E-state index in [2.05, 4.69) is 0 Å². The van der Waals surface area contributed by atoms with Crippen LogP contribution in [0.25, 0.3) is 0 Å². The molecule has 0 aromatic heterocycles. The molecule has 2 unspecified atom stereocenters. The van der Waals surface area contributed by atoms with Gasteiger partial charge in [0.1, 0.15) is 11.5 Å². The first-order chi connectivity index (χ1) is 7.33. The minimum Gasteiger partial charge on any atom is -0.456 e. The maximum Gasteiger partial charge on any atom is 0.321 e. The number of ether oxygens (including phenoxy) is 2. The monoisotopic (exact) mass is 252 g/mol. The highest BCUT2D eigenvalue weighted by Gasteiger charge is 2.48. The number of carbonyl (C=O) groups excluding carboxylic acids is 1. The third-order valence-corrected chi connectivity index (χ3v) is 2.70.